The molecule has 0 saturated heterocycles. The van der Waals surface area contributed by atoms with E-state index in [4.69, 9.17) is 0 Å². The second-order valence-electron chi connectivity index (χ2n) is 6.10. The smallest absolute Gasteiger partial charge is 0.247 e. The van der Waals surface area contributed by atoms with E-state index in [0.717, 1.165) is 27.6 Å². The highest BCUT2D eigenvalue weighted by Gasteiger charge is 2.34. The number of benzene rings is 2. The predicted molar refractivity (Wildman–Crippen MR) is 101 cm³/mol. The molecular formula is C20H21BrN2O2. The Kier molecular flexibility index (Phi) is 5.53. The van der Waals surface area contributed by atoms with Crippen LogP contribution in [0.25, 0.3) is 0 Å². The van der Waals surface area contributed by atoms with Crippen molar-refractivity contribution in [2.24, 2.45) is 0 Å². The molecule has 1 unspecified atom stereocenters. The molecule has 0 fully saturated rings. The van der Waals surface area contributed by atoms with Crippen LogP contribution in [-0.4, -0.2) is 23.3 Å². The third kappa shape index (κ3) is 3.76. The second kappa shape index (κ2) is 7.83. The van der Waals surface area contributed by atoms with Crippen LogP contribution in [0.15, 0.2) is 53.0 Å². The number of carbonyl (C=O) groups excluding carboxylic acids is 2. The summed E-state index contributed by atoms with van der Waals surface area (Å²) in [6.07, 6.45) is 1.19. The maximum absolute atomic E-state index is 13.0. The van der Waals surface area contributed by atoms with Crippen molar-refractivity contribution in [1.82, 2.24) is 10.2 Å². The van der Waals surface area contributed by atoms with Gasteiger partial charge in [0.15, 0.2) is 0 Å². The van der Waals surface area contributed by atoms with Gasteiger partial charge in [0.1, 0.15) is 6.04 Å². The molecule has 0 aliphatic carbocycles. The number of fused-ring (bicyclic) bond motifs is 1. The topological polar surface area (TPSA) is 49.4 Å². The fraction of sp³-hybridized carbons (Fsp3) is 0.300. The Morgan fingerprint density at radius 3 is 2.64 bits per heavy atom. The first-order valence-corrected chi connectivity index (χ1v) is 9.29. The van der Waals surface area contributed by atoms with E-state index in [2.05, 4.69) is 21.2 Å². The van der Waals surface area contributed by atoms with E-state index < -0.39 is 6.04 Å². The van der Waals surface area contributed by atoms with E-state index in [1.165, 1.54) is 0 Å². The molecule has 1 N–H and O–H groups in total. The Bertz CT molecular complexity index is 791. The molecule has 1 heterocycles. The zero-order chi connectivity index (χ0) is 17.8. The summed E-state index contributed by atoms with van der Waals surface area (Å²) < 4.78 is 0.959. The van der Waals surface area contributed by atoms with Crippen molar-refractivity contribution in [2.45, 2.75) is 32.4 Å². The number of hydrogen-bond acceptors (Lipinski definition) is 2. The Morgan fingerprint density at radius 2 is 1.88 bits per heavy atom. The van der Waals surface area contributed by atoms with Crippen LogP contribution in [0.2, 0.25) is 0 Å². The van der Waals surface area contributed by atoms with Gasteiger partial charge in [0, 0.05) is 24.0 Å². The molecule has 2 aromatic rings. The zero-order valence-corrected chi connectivity index (χ0v) is 15.8. The van der Waals surface area contributed by atoms with Gasteiger partial charge < -0.3 is 10.2 Å². The standard InChI is InChI=1S/C20H21BrN2O2/c1-2-18(24)23-12-11-14-7-3-5-9-16(14)19(23)20(25)22-13-15-8-4-6-10-17(15)21/h3-10,19H,2,11-13H2,1H3,(H,22,25). The Morgan fingerprint density at radius 1 is 1.16 bits per heavy atom. The molecule has 0 bridgehead atoms. The van der Waals surface area contributed by atoms with E-state index in [1.807, 2.05) is 55.5 Å². The predicted octanol–water partition coefficient (Wildman–Crippen LogP) is 3.60. The van der Waals surface area contributed by atoms with Gasteiger partial charge in [-0.1, -0.05) is 65.3 Å². The normalized spacial score (nSPS) is 16.2. The van der Waals surface area contributed by atoms with Crippen molar-refractivity contribution in [2.75, 3.05) is 6.54 Å². The molecule has 1 aliphatic rings. The van der Waals surface area contributed by atoms with Gasteiger partial charge in [0.2, 0.25) is 11.8 Å². The fourth-order valence-electron chi connectivity index (χ4n) is 3.24. The number of nitrogens with one attached hydrogen (secondary N) is 1. The fourth-order valence-corrected chi connectivity index (χ4v) is 3.67. The summed E-state index contributed by atoms with van der Waals surface area (Å²) in [5.41, 5.74) is 3.08. The first-order chi connectivity index (χ1) is 12.1. The van der Waals surface area contributed by atoms with E-state index in [0.29, 0.717) is 19.5 Å². The summed E-state index contributed by atoms with van der Waals surface area (Å²) in [6.45, 7) is 2.84. The largest absolute Gasteiger partial charge is 0.350 e. The number of rotatable bonds is 4. The molecule has 2 amide bonds. The Hall–Kier alpha value is -2.14. The molecular weight excluding hydrogens is 380 g/mol. The number of carbonyl (C=O) groups is 2. The van der Waals surface area contributed by atoms with Crippen LogP contribution in [0.4, 0.5) is 0 Å². The van der Waals surface area contributed by atoms with Gasteiger partial charge in [-0.25, -0.2) is 0 Å². The van der Waals surface area contributed by atoms with Gasteiger partial charge in [-0.3, -0.25) is 9.59 Å². The van der Waals surface area contributed by atoms with E-state index in [1.54, 1.807) is 4.90 Å². The lowest BCUT2D eigenvalue weighted by molar-refractivity contribution is -0.141. The highest BCUT2D eigenvalue weighted by atomic mass is 79.9. The van der Waals surface area contributed by atoms with Crippen LogP contribution in [0.3, 0.4) is 0 Å². The van der Waals surface area contributed by atoms with Crippen LogP contribution < -0.4 is 5.32 Å². The maximum atomic E-state index is 13.0. The van der Waals surface area contributed by atoms with Crippen molar-refractivity contribution >= 4 is 27.7 Å². The van der Waals surface area contributed by atoms with Crippen LogP contribution >= 0.6 is 15.9 Å². The van der Waals surface area contributed by atoms with Gasteiger partial charge in [-0.05, 0) is 29.2 Å². The van der Waals surface area contributed by atoms with E-state index in [9.17, 15) is 9.59 Å². The monoisotopic (exact) mass is 400 g/mol. The first-order valence-electron chi connectivity index (χ1n) is 8.50. The molecule has 1 atom stereocenters. The van der Waals surface area contributed by atoms with Crippen LogP contribution in [0.1, 0.15) is 36.1 Å². The number of halogens is 1. The minimum absolute atomic E-state index is 0.00976. The minimum Gasteiger partial charge on any atom is -0.350 e. The molecule has 25 heavy (non-hydrogen) atoms. The summed E-state index contributed by atoms with van der Waals surface area (Å²) in [5.74, 6) is -0.125. The van der Waals surface area contributed by atoms with Gasteiger partial charge in [-0.15, -0.1) is 0 Å². The first kappa shape index (κ1) is 17.7. The lowest BCUT2D eigenvalue weighted by atomic mass is 9.91. The molecule has 0 radical (unpaired) electrons. The van der Waals surface area contributed by atoms with Gasteiger partial charge in [0.25, 0.3) is 0 Å². The van der Waals surface area contributed by atoms with Crippen molar-refractivity contribution in [3.8, 4) is 0 Å². The number of hydrogen-bond donors (Lipinski definition) is 1. The van der Waals surface area contributed by atoms with Crippen molar-refractivity contribution in [1.29, 1.82) is 0 Å². The Labute approximate surface area is 156 Å². The van der Waals surface area contributed by atoms with Gasteiger partial charge in [0.05, 0.1) is 0 Å². The SMILES string of the molecule is CCC(=O)N1CCc2ccccc2C1C(=O)NCc1ccccc1Br. The second-order valence-corrected chi connectivity index (χ2v) is 6.96. The van der Waals surface area contributed by atoms with Crippen molar-refractivity contribution in [3.05, 3.63) is 69.7 Å². The maximum Gasteiger partial charge on any atom is 0.247 e. The van der Waals surface area contributed by atoms with Crippen LogP contribution in [0.5, 0.6) is 0 Å². The number of amides is 2. The van der Waals surface area contributed by atoms with Crippen molar-refractivity contribution in [3.63, 3.8) is 0 Å². The van der Waals surface area contributed by atoms with Crippen LogP contribution in [0, 0.1) is 0 Å². The highest BCUT2D eigenvalue weighted by Crippen LogP contribution is 2.30. The van der Waals surface area contributed by atoms with Gasteiger partial charge in [-0.2, -0.15) is 0 Å². The molecule has 5 heteroatoms. The van der Waals surface area contributed by atoms with Gasteiger partial charge >= 0.3 is 0 Å². The molecule has 3 rings (SSSR count). The summed E-state index contributed by atoms with van der Waals surface area (Å²) in [7, 11) is 0. The lowest BCUT2D eigenvalue weighted by Gasteiger charge is -2.36. The molecule has 0 saturated carbocycles. The molecule has 4 nitrogen and oxygen atoms in total. The van der Waals surface area contributed by atoms with Crippen molar-refractivity contribution < 1.29 is 9.59 Å². The summed E-state index contributed by atoms with van der Waals surface area (Å²) >= 11 is 3.50. The zero-order valence-electron chi connectivity index (χ0n) is 14.2. The summed E-state index contributed by atoms with van der Waals surface area (Å²) in [5, 5.41) is 3.00. The Balaban J connectivity index is 1.84. The molecule has 1 aliphatic heterocycles. The lowest BCUT2D eigenvalue weighted by Crippen LogP contribution is -2.46. The molecule has 0 spiro atoms. The van der Waals surface area contributed by atoms with E-state index >= 15 is 0 Å². The summed E-state index contributed by atoms with van der Waals surface area (Å²) in [6, 6.07) is 15.1. The van der Waals surface area contributed by atoms with E-state index in [-0.39, 0.29) is 11.8 Å². The average Bonchev–Trinajstić information content (AvgIpc) is 2.65. The number of nitrogens with zero attached hydrogens (tertiary/aromatic N) is 1. The van der Waals surface area contributed by atoms with Crippen LogP contribution in [-0.2, 0) is 22.6 Å². The molecule has 130 valence electrons. The summed E-state index contributed by atoms with van der Waals surface area (Å²) in [4.78, 5) is 27.0. The average molecular weight is 401 g/mol. The minimum atomic E-state index is -0.556. The molecule has 2 aromatic carbocycles. The highest BCUT2D eigenvalue weighted by molar-refractivity contribution is 9.10. The third-order valence-corrected chi connectivity index (χ3v) is 5.34. The quantitative estimate of drug-likeness (QED) is 0.851. The molecule has 0 aromatic heterocycles. The third-order valence-electron chi connectivity index (χ3n) is 4.57.